The zero-order chi connectivity index (χ0) is 13.5. The van der Waals surface area contributed by atoms with Gasteiger partial charge >= 0.3 is 0 Å². The molecule has 2 aliphatic heterocycles. The molecule has 106 valence electrons. The van der Waals surface area contributed by atoms with Crippen LogP contribution >= 0.6 is 0 Å². The first-order valence-electron chi connectivity index (χ1n) is 7.13. The molecule has 2 saturated heterocycles. The maximum absolute atomic E-state index is 5.36. The van der Waals surface area contributed by atoms with E-state index in [2.05, 4.69) is 30.4 Å². The minimum atomic E-state index is 0.517. The Hall–Kier alpha value is -1.89. The fourth-order valence-electron chi connectivity index (χ4n) is 3.33. The lowest BCUT2D eigenvalue weighted by molar-refractivity contribution is 0.381. The third-order valence-corrected chi connectivity index (χ3v) is 4.37. The van der Waals surface area contributed by atoms with Crippen molar-refractivity contribution in [2.45, 2.75) is 25.8 Å². The molecule has 0 saturated carbocycles. The summed E-state index contributed by atoms with van der Waals surface area (Å²) in [5.74, 6) is 2.82. The number of nitrogens with one attached hydrogen (secondary N) is 2. The SMILES string of the molecule is Cc1ncoc1-c1nc(N2CCCC3CNCC32)n[nH]1. The maximum Gasteiger partial charge on any atom is 0.245 e. The number of fused-ring (bicyclic) bond motifs is 1. The standard InChI is InChI=1S/C13H18N6O/c1-8-11(20-7-15-8)12-16-13(18-17-12)19-4-2-3-9-5-14-6-10(9)19/h7,9-10,14H,2-6H2,1H3,(H,16,17,18). The number of aryl methyl sites for hydroxylation is 1. The Labute approximate surface area is 116 Å². The van der Waals surface area contributed by atoms with Crippen LogP contribution in [0.3, 0.4) is 0 Å². The van der Waals surface area contributed by atoms with Gasteiger partial charge in [0.1, 0.15) is 0 Å². The summed E-state index contributed by atoms with van der Waals surface area (Å²) in [6.07, 6.45) is 3.94. The van der Waals surface area contributed by atoms with Gasteiger partial charge in [-0.2, -0.15) is 4.98 Å². The van der Waals surface area contributed by atoms with Crippen LogP contribution in [-0.4, -0.2) is 45.8 Å². The molecule has 4 heterocycles. The fraction of sp³-hybridized carbons (Fsp3) is 0.615. The van der Waals surface area contributed by atoms with Crippen LogP contribution in [0.5, 0.6) is 0 Å². The van der Waals surface area contributed by atoms with Gasteiger partial charge in [0.05, 0.1) is 5.69 Å². The van der Waals surface area contributed by atoms with Crippen LogP contribution in [0.4, 0.5) is 5.95 Å². The number of aromatic amines is 1. The second-order valence-electron chi connectivity index (χ2n) is 5.57. The summed E-state index contributed by atoms with van der Waals surface area (Å²) in [6.45, 7) is 5.06. The third-order valence-electron chi connectivity index (χ3n) is 4.37. The monoisotopic (exact) mass is 274 g/mol. The van der Waals surface area contributed by atoms with E-state index in [1.807, 2.05) is 6.92 Å². The molecule has 2 unspecified atom stereocenters. The average Bonchev–Trinajstić information content (AvgIpc) is 3.17. The van der Waals surface area contributed by atoms with E-state index in [0.717, 1.165) is 37.2 Å². The van der Waals surface area contributed by atoms with Gasteiger partial charge in [-0.25, -0.2) is 4.98 Å². The summed E-state index contributed by atoms with van der Waals surface area (Å²) in [6, 6.07) is 0.517. The van der Waals surface area contributed by atoms with Gasteiger partial charge in [0, 0.05) is 25.7 Å². The molecule has 0 amide bonds. The number of hydrogen-bond acceptors (Lipinski definition) is 6. The van der Waals surface area contributed by atoms with Crippen molar-refractivity contribution in [2.24, 2.45) is 5.92 Å². The molecular formula is C13H18N6O. The van der Waals surface area contributed by atoms with Crippen molar-refractivity contribution in [3.63, 3.8) is 0 Å². The largest absolute Gasteiger partial charge is 0.440 e. The molecule has 2 atom stereocenters. The van der Waals surface area contributed by atoms with Crippen LogP contribution in [0.1, 0.15) is 18.5 Å². The lowest BCUT2D eigenvalue weighted by Crippen LogP contribution is -2.45. The zero-order valence-electron chi connectivity index (χ0n) is 11.5. The smallest absolute Gasteiger partial charge is 0.245 e. The molecule has 0 spiro atoms. The summed E-state index contributed by atoms with van der Waals surface area (Å²) in [4.78, 5) is 11.0. The molecular weight excluding hydrogens is 256 g/mol. The maximum atomic E-state index is 5.36. The molecule has 2 aliphatic rings. The van der Waals surface area contributed by atoms with E-state index in [1.54, 1.807) is 0 Å². The van der Waals surface area contributed by atoms with Crippen molar-refractivity contribution in [3.8, 4) is 11.6 Å². The average molecular weight is 274 g/mol. The lowest BCUT2D eigenvalue weighted by atomic mass is 9.92. The molecule has 7 heteroatoms. The molecule has 7 nitrogen and oxygen atoms in total. The van der Waals surface area contributed by atoms with Gasteiger partial charge in [-0.15, -0.1) is 5.10 Å². The zero-order valence-corrected chi connectivity index (χ0v) is 11.5. The number of aromatic nitrogens is 4. The first kappa shape index (κ1) is 11.9. The number of H-pyrrole nitrogens is 1. The van der Waals surface area contributed by atoms with E-state index in [4.69, 9.17) is 4.42 Å². The lowest BCUT2D eigenvalue weighted by Gasteiger charge is -2.36. The van der Waals surface area contributed by atoms with Crippen molar-refractivity contribution >= 4 is 5.95 Å². The van der Waals surface area contributed by atoms with Gasteiger partial charge in [-0.3, -0.25) is 5.10 Å². The molecule has 0 aliphatic carbocycles. The molecule has 2 fully saturated rings. The number of hydrogen-bond donors (Lipinski definition) is 2. The van der Waals surface area contributed by atoms with Crippen LogP contribution in [0, 0.1) is 12.8 Å². The number of piperidine rings is 1. The summed E-state index contributed by atoms with van der Waals surface area (Å²) < 4.78 is 5.36. The van der Waals surface area contributed by atoms with Crippen LogP contribution in [0.2, 0.25) is 0 Å². The summed E-state index contributed by atoms with van der Waals surface area (Å²) in [7, 11) is 0. The predicted octanol–water partition coefficient (Wildman–Crippen LogP) is 0.956. The van der Waals surface area contributed by atoms with Crippen molar-refractivity contribution in [1.29, 1.82) is 0 Å². The minimum Gasteiger partial charge on any atom is -0.440 e. The Morgan fingerprint density at radius 2 is 2.35 bits per heavy atom. The van der Waals surface area contributed by atoms with Gasteiger partial charge in [0.25, 0.3) is 0 Å². The highest BCUT2D eigenvalue weighted by atomic mass is 16.3. The Balaban J connectivity index is 1.63. The van der Waals surface area contributed by atoms with Gasteiger partial charge in [0.2, 0.25) is 5.95 Å². The number of rotatable bonds is 2. The third kappa shape index (κ3) is 1.81. The topological polar surface area (TPSA) is 82.9 Å². The van der Waals surface area contributed by atoms with Crippen LogP contribution in [0.15, 0.2) is 10.8 Å². The summed E-state index contributed by atoms with van der Waals surface area (Å²) in [5, 5.41) is 10.8. The second-order valence-corrected chi connectivity index (χ2v) is 5.57. The van der Waals surface area contributed by atoms with Gasteiger partial charge < -0.3 is 14.6 Å². The van der Waals surface area contributed by atoms with Gasteiger partial charge in [-0.1, -0.05) is 0 Å². The first-order valence-corrected chi connectivity index (χ1v) is 7.13. The van der Waals surface area contributed by atoms with Crippen molar-refractivity contribution in [1.82, 2.24) is 25.5 Å². The van der Waals surface area contributed by atoms with E-state index in [-0.39, 0.29) is 0 Å². The molecule has 2 aromatic heterocycles. The fourth-order valence-corrected chi connectivity index (χ4v) is 3.33. The van der Waals surface area contributed by atoms with Crippen LogP contribution in [0.25, 0.3) is 11.6 Å². The number of anilines is 1. The highest BCUT2D eigenvalue weighted by Crippen LogP contribution is 2.30. The Morgan fingerprint density at radius 1 is 1.40 bits per heavy atom. The highest BCUT2D eigenvalue weighted by molar-refractivity contribution is 5.52. The summed E-state index contributed by atoms with van der Waals surface area (Å²) in [5.41, 5.74) is 0.826. The molecule has 2 aromatic rings. The van der Waals surface area contributed by atoms with E-state index >= 15 is 0 Å². The first-order chi connectivity index (χ1) is 9.83. The van der Waals surface area contributed by atoms with Gasteiger partial charge in [-0.05, 0) is 25.7 Å². The molecule has 0 radical (unpaired) electrons. The number of nitrogens with zero attached hydrogens (tertiary/aromatic N) is 4. The number of oxazole rings is 1. The van der Waals surface area contributed by atoms with Crippen molar-refractivity contribution in [2.75, 3.05) is 24.5 Å². The molecule has 2 N–H and O–H groups in total. The van der Waals surface area contributed by atoms with Crippen LogP contribution in [-0.2, 0) is 0 Å². The van der Waals surface area contributed by atoms with Crippen LogP contribution < -0.4 is 10.2 Å². The Kier molecular flexibility index (Phi) is 2.73. The molecule has 0 aromatic carbocycles. The highest BCUT2D eigenvalue weighted by Gasteiger charge is 2.36. The Morgan fingerprint density at radius 3 is 3.20 bits per heavy atom. The van der Waals surface area contributed by atoms with E-state index in [1.165, 1.54) is 19.2 Å². The molecule has 0 bridgehead atoms. The van der Waals surface area contributed by atoms with E-state index in [9.17, 15) is 0 Å². The van der Waals surface area contributed by atoms with Crippen molar-refractivity contribution < 1.29 is 4.42 Å². The molecule has 4 rings (SSSR count). The van der Waals surface area contributed by atoms with E-state index in [0.29, 0.717) is 17.6 Å². The Bertz CT molecular complexity index is 606. The van der Waals surface area contributed by atoms with Gasteiger partial charge in [0.15, 0.2) is 18.0 Å². The van der Waals surface area contributed by atoms with E-state index < -0.39 is 0 Å². The predicted molar refractivity (Wildman–Crippen MR) is 73.3 cm³/mol. The minimum absolute atomic E-state index is 0.517. The normalized spacial score (nSPS) is 25.9. The summed E-state index contributed by atoms with van der Waals surface area (Å²) >= 11 is 0. The van der Waals surface area contributed by atoms with Crippen molar-refractivity contribution in [3.05, 3.63) is 12.1 Å². The second kappa shape index (κ2) is 4.59. The molecule has 20 heavy (non-hydrogen) atoms. The quantitative estimate of drug-likeness (QED) is 0.848.